The number of carbonyl (C=O) groups is 1. The maximum atomic E-state index is 12.2. The molecule has 5 nitrogen and oxygen atoms in total. The molecule has 0 saturated heterocycles. The van der Waals surface area contributed by atoms with Crippen molar-refractivity contribution in [1.82, 2.24) is 5.32 Å². The lowest BCUT2D eigenvalue weighted by molar-refractivity contribution is -0.127. The molecule has 2 aromatic rings. The van der Waals surface area contributed by atoms with E-state index in [-0.39, 0.29) is 5.91 Å². The number of carbonyl (C=O) groups excluding carboxylic acids is 1. The predicted molar refractivity (Wildman–Crippen MR) is 103 cm³/mol. The third kappa shape index (κ3) is 5.44. The summed E-state index contributed by atoms with van der Waals surface area (Å²) in [6.45, 7) is 4.46. The van der Waals surface area contributed by atoms with Crippen molar-refractivity contribution >= 4 is 29.1 Å². The molecule has 0 aliphatic heterocycles. The molecule has 0 aliphatic rings. The summed E-state index contributed by atoms with van der Waals surface area (Å²) in [6, 6.07) is 10.4. The molecule has 0 radical (unpaired) electrons. The smallest absolute Gasteiger partial charge is 0.261 e. The summed E-state index contributed by atoms with van der Waals surface area (Å²) in [5, 5.41) is 3.63. The van der Waals surface area contributed by atoms with Crippen molar-refractivity contribution in [3.63, 3.8) is 0 Å². The van der Waals surface area contributed by atoms with Crippen LogP contribution in [0.15, 0.2) is 36.4 Å². The van der Waals surface area contributed by atoms with Gasteiger partial charge in [0.15, 0.2) is 17.6 Å². The van der Waals surface area contributed by atoms with Gasteiger partial charge in [0, 0.05) is 12.6 Å². The molecular weight excluding hydrogens is 377 g/mol. The molecule has 0 aliphatic carbocycles. The highest BCUT2D eigenvalue weighted by Crippen LogP contribution is 2.28. The largest absolute Gasteiger partial charge is 0.493 e. The van der Waals surface area contributed by atoms with E-state index in [0.717, 1.165) is 5.56 Å². The molecule has 0 saturated carbocycles. The molecule has 1 unspecified atom stereocenters. The Bertz CT molecular complexity index is 767. The number of halogens is 2. The van der Waals surface area contributed by atoms with Crippen LogP contribution in [0.3, 0.4) is 0 Å². The monoisotopic (exact) mass is 397 g/mol. The summed E-state index contributed by atoms with van der Waals surface area (Å²) in [6.07, 6.45) is -0.683. The molecule has 0 fully saturated rings. The van der Waals surface area contributed by atoms with Crippen LogP contribution in [0.1, 0.15) is 19.4 Å². The molecule has 2 rings (SSSR count). The lowest BCUT2D eigenvalue weighted by atomic mass is 10.2. The summed E-state index contributed by atoms with van der Waals surface area (Å²) < 4.78 is 16.4. The predicted octanol–water partition coefficient (Wildman–Crippen LogP) is 4.48. The molecule has 1 amide bonds. The van der Waals surface area contributed by atoms with Gasteiger partial charge in [0.1, 0.15) is 5.75 Å². The van der Waals surface area contributed by atoms with E-state index in [1.165, 1.54) is 0 Å². The minimum atomic E-state index is -0.683. The third-order valence-corrected chi connectivity index (χ3v) is 4.31. The Labute approximate surface area is 163 Å². The van der Waals surface area contributed by atoms with Crippen molar-refractivity contribution in [3.8, 4) is 17.2 Å². The first-order valence-corrected chi connectivity index (χ1v) is 8.89. The van der Waals surface area contributed by atoms with Gasteiger partial charge in [-0.2, -0.15) is 0 Å². The van der Waals surface area contributed by atoms with E-state index < -0.39 is 6.10 Å². The fourth-order valence-electron chi connectivity index (χ4n) is 2.24. The highest BCUT2D eigenvalue weighted by atomic mass is 35.5. The van der Waals surface area contributed by atoms with E-state index in [4.69, 9.17) is 37.4 Å². The van der Waals surface area contributed by atoms with Crippen LogP contribution in [0.4, 0.5) is 0 Å². The first-order valence-electron chi connectivity index (χ1n) is 8.13. The number of rotatable bonds is 8. The minimum Gasteiger partial charge on any atom is -0.493 e. The van der Waals surface area contributed by atoms with Gasteiger partial charge in [-0.05, 0) is 43.7 Å². The highest BCUT2D eigenvalue weighted by molar-refractivity contribution is 6.42. The molecule has 26 heavy (non-hydrogen) atoms. The SMILES string of the molecule is CCOc1ccc(CNC(=O)C(C)Oc2ccc(Cl)c(Cl)c2)cc1OC. The Balaban J connectivity index is 1.93. The number of methoxy groups -OCH3 is 1. The van der Waals surface area contributed by atoms with Crippen molar-refractivity contribution < 1.29 is 19.0 Å². The van der Waals surface area contributed by atoms with Gasteiger partial charge in [-0.3, -0.25) is 4.79 Å². The van der Waals surface area contributed by atoms with E-state index in [1.54, 1.807) is 32.2 Å². The lowest BCUT2D eigenvalue weighted by Crippen LogP contribution is -2.35. The standard InChI is InChI=1S/C19H21Cl2NO4/c1-4-25-17-8-5-13(9-18(17)24-3)11-22-19(23)12(2)26-14-6-7-15(20)16(21)10-14/h5-10,12H,4,11H2,1-3H3,(H,22,23). The number of ether oxygens (including phenoxy) is 3. The van der Waals surface area contributed by atoms with Gasteiger partial charge in [-0.15, -0.1) is 0 Å². The van der Waals surface area contributed by atoms with Gasteiger partial charge in [0.25, 0.3) is 5.91 Å². The van der Waals surface area contributed by atoms with Gasteiger partial charge in [0.2, 0.25) is 0 Å². The molecule has 0 bridgehead atoms. The van der Waals surface area contributed by atoms with E-state index in [1.807, 2.05) is 25.1 Å². The summed E-state index contributed by atoms with van der Waals surface area (Å²) >= 11 is 11.8. The van der Waals surface area contributed by atoms with Crippen molar-refractivity contribution in [3.05, 3.63) is 52.0 Å². The zero-order valence-corrected chi connectivity index (χ0v) is 16.4. The highest BCUT2D eigenvalue weighted by Gasteiger charge is 2.15. The maximum Gasteiger partial charge on any atom is 0.261 e. The average Bonchev–Trinajstić information content (AvgIpc) is 2.63. The van der Waals surface area contributed by atoms with E-state index in [2.05, 4.69) is 5.32 Å². The summed E-state index contributed by atoms with van der Waals surface area (Å²) in [5.74, 6) is 1.52. The number of benzene rings is 2. The van der Waals surface area contributed by atoms with Crippen molar-refractivity contribution in [2.75, 3.05) is 13.7 Å². The summed E-state index contributed by atoms with van der Waals surface area (Å²) in [5.41, 5.74) is 0.889. The van der Waals surface area contributed by atoms with Crippen LogP contribution in [-0.4, -0.2) is 25.7 Å². The van der Waals surface area contributed by atoms with Crippen LogP contribution < -0.4 is 19.5 Å². The molecule has 0 spiro atoms. The Kier molecular flexibility index (Phi) is 7.42. The van der Waals surface area contributed by atoms with Gasteiger partial charge in [0.05, 0.1) is 23.8 Å². The lowest BCUT2D eigenvalue weighted by Gasteiger charge is -2.16. The minimum absolute atomic E-state index is 0.246. The van der Waals surface area contributed by atoms with E-state index in [0.29, 0.717) is 40.4 Å². The van der Waals surface area contributed by atoms with Crippen LogP contribution in [0.5, 0.6) is 17.2 Å². The zero-order valence-electron chi connectivity index (χ0n) is 14.8. The zero-order chi connectivity index (χ0) is 19.1. The molecule has 1 atom stereocenters. The number of amides is 1. The summed E-state index contributed by atoms with van der Waals surface area (Å²) in [7, 11) is 1.58. The third-order valence-electron chi connectivity index (χ3n) is 3.57. The maximum absolute atomic E-state index is 12.2. The molecular formula is C19H21Cl2NO4. The average molecular weight is 398 g/mol. The summed E-state index contributed by atoms with van der Waals surface area (Å²) in [4.78, 5) is 12.2. The molecule has 1 N–H and O–H groups in total. The second-order valence-corrected chi connectivity index (χ2v) is 6.29. The Hall–Kier alpha value is -2.11. The quantitative estimate of drug-likeness (QED) is 0.712. The second-order valence-electron chi connectivity index (χ2n) is 5.47. The number of hydrogen-bond acceptors (Lipinski definition) is 4. The van der Waals surface area contributed by atoms with Crippen LogP contribution >= 0.6 is 23.2 Å². The molecule has 0 aromatic heterocycles. The van der Waals surface area contributed by atoms with Crippen molar-refractivity contribution in [2.45, 2.75) is 26.5 Å². The van der Waals surface area contributed by atoms with Crippen LogP contribution in [0.25, 0.3) is 0 Å². The van der Waals surface area contributed by atoms with Crippen LogP contribution in [-0.2, 0) is 11.3 Å². The number of hydrogen-bond donors (Lipinski definition) is 1. The van der Waals surface area contributed by atoms with Crippen LogP contribution in [0, 0.1) is 0 Å². The Morgan fingerprint density at radius 3 is 2.54 bits per heavy atom. The topological polar surface area (TPSA) is 56.8 Å². The van der Waals surface area contributed by atoms with Crippen molar-refractivity contribution in [1.29, 1.82) is 0 Å². The Morgan fingerprint density at radius 2 is 1.88 bits per heavy atom. The first kappa shape index (κ1) is 20.2. The van der Waals surface area contributed by atoms with Gasteiger partial charge < -0.3 is 19.5 Å². The first-order chi connectivity index (χ1) is 12.4. The normalized spacial score (nSPS) is 11.6. The fourth-order valence-corrected chi connectivity index (χ4v) is 2.53. The van der Waals surface area contributed by atoms with E-state index >= 15 is 0 Å². The second kappa shape index (κ2) is 9.55. The molecule has 2 aromatic carbocycles. The van der Waals surface area contributed by atoms with E-state index in [9.17, 15) is 4.79 Å². The Morgan fingerprint density at radius 1 is 1.12 bits per heavy atom. The fraction of sp³-hybridized carbons (Fsp3) is 0.316. The van der Waals surface area contributed by atoms with Gasteiger partial charge in [-0.25, -0.2) is 0 Å². The molecule has 0 heterocycles. The van der Waals surface area contributed by atoms with Gasteiger partial charge >= 0.3 is 0 Å². The molecule has 140 valence electrons. The number of nitrogens with one attached hydrogen (secondary N) is 1. The van der Waals surface area contributed by atoms with Crippen molar-refractivity contribution in [2.24, 2.45) is 0 Å². The van der Waals surface area contributed by atoms with Gasteiger partial charge in [-0.1, -0.05) is 29.3 Å². The van der Waals surface area contributed by atoms with Crippen LogP contribution in [0.2, 0.25) is 10.0 Å². The molecule has 7 heteroatoms.